The fourth-order valence-corrected chi connectivity index (χ4v) is 1.82. The summed E-state index contributed by atoms with van der Waals surface area (Å²) in [6.45, 7) is 2.15. The maximum atomic E-state index is 8.60. The molecule has 0 amide bonds. The molecule has 4 heteroatoms. The van der Waals surface area contributed by atoms with Gasteiger partial charge in [-0.1, -0.05) is 0 Å². The van der Waals surface area contributed by atoms with Crippen molar-refractivity contribution in [2.75, 3.05) is 6.61 Å². The molecule has 1 unspecified atom stereocenters. The third-order valence-electron chi connectivity index (χ3n) is 1.58. The van der Waals surface area contributed by atoms with Gasteiger partial charge in [0.15, 0.2) is 0 Å². The molecular weight excluding hydrogens is 172 g/mol. The minimum atomic E-state index is 0.0177. The van der Waals surface area contributed by atoms with Gasteiger partial charge in [-0.05, 0) is 13.3 Å². The first-order valence-corrected chi connectivity index (χ1v) is 4.92. The predicted octanol–water partition coefficient (Wildman–Crippen LogP) is 1.09. The van der Waals surface area contributed by atoms with Crippen LogP contribution < -0.4 is 5.73 Å². The number of thiazole rings is 1. The maximum Gasteiger partial charge on any atom is 0.0929 e. The Morgan fingerprint density at radius 3 is 3.00 bits per heavy atom. The molecule has 1 heterocycles. The van der Waals surface area contributed by atoms with E-state index in [0.717, 1.165) is 23.5 Å². The SMILES string of the molecule is CC(N)c1csc(CCCO)n1. The highest BCUT2D eigenvalue weighted by Gasteiger charge is 2.04. The highest BCUT2D eigenvalue weighted by Crippen LogP contribution is 2.15. The lowest BCUT2D eigenvalue weighted by molar-refractivity contribution is 0.288. The van der Waals surface area contributed by atoms with Crippen molar-refractivity contribution >= 4 is 11.3 Å². The van der Waals surface area contributed by atoms with Gasteiger partial charge in [-0.2, -0.15) is 0 Å². The normalized spacial score (nSPS) is 13.2. The van der Waals surface area contributed by atoms with E-state index in [0.29, 0.717) is 0 Å². The zero-order chi connectivity index (χ0) is 8.97. The third-order valence-corrected chi connectivity index (χ3v) is 2.51. The number of aryl methyl sites for hydroxylation is 1. The second-order valence-corrected chi connectivity index (χ2v) is 3.72. The predicted molar refractivity (Wildman–Crippen MR) is 50.1 cm³/mol. The Morgan fingerprint density at radius 2 is 2.50 bits per heavy atom. The van der Waals surface area contributed by atoms with Crippen LogP contribution in [0.15, 0.2) is 5.38 Å². The topological polar surface area (TPSA) is 59.1 Å². The summed E-state index contributed by atoms with van der Waals surface area (Å²) in [7, 11) is 0. The first-order chi connectivity index (χ1) is 5.74. The van der Waals surface area contributed by atoms with E-state index < -0.39 is 0 Å². The van der Waals surface area contributed by atoms with E-state index in [-0.39, 0.29) is 12.6 Å². The molecule has 0 bridgehead atoms. The summed E-state index contributed by atoms with van der Waals surface area (Å²) < 4.78 is 0. The van der Waals surface area contributed by atoms with E-state index in [9.17, 15) is 0 Å². The molecule has 0 saturated heterocycles. The van der Waals surface area contributed by atoms with E-state index in [1.54, 1.807) is 11.3 Å². The largest absolute Gasteiger partial charge is 0.396 e. The van der Waals surface area contributed by atoms with Gasteiger partial charge in [-0.3, -0.25) is 0 Å². The Kier molecular flexibility index (Phi) is 3.65. The molecule has 0 aliphatic carbocycles. The number of nitrogens with zero attached hydrogens (tertiary/aromatic N) is 1. The molecule has 12 heavy (non-hydrogen) atoms. The zero-order valence-corrected chi connectivity index (χ0v) is 7.97. The molecule has 3 nitrogen and oxygen atoms in total. The maximum absolute atomic E-state index is 8.60. The van der Waals surface area contributed by atoms with E-state index in [1.165, 1.54) is 0 Å². The third kappa shape index (κ3) is 2.55. The number of rotatable bonds is 4. The molecule has 1 atom stereocenters. The van der Waals surface area contributed by atoms with Crippen molar-refractivity contribution < 1.29 is 5.11 Å². The number of aliphatic hydroxyl groups excluding tert-OH is 1. The fourth-order valence-electron chi connectivity index (χ4n) is 0.879. The van der Waals surface area contributed by atoms with E-state index in [2.05, 4.69) is 4.98 Å². The molecule has 0 fully saturated rings. The molecule has 68 valence electrons. The Hall–Kier alpha value is -0.450. The lowest BCUT2D eigenvalue weighted by Crippen LogP contribution is -2.05. The van der Waals surface area contributed by atoms with Crippen molar-refractivity contribution in [3.05, 3.63) is 16.1 Å². The molecule has 0 aliphatic heterocycles. The van der Waals surface area contributed by atoms with E-state index >= 15 is 0 Å². The number of aliphatic hydroxyl groups is 1. The molecule has 0 aliphatic rings. The summed E-state index contributed by atoms with van der Waals surface area (Å²) in [5.41, 5.74) is 6.60. The van der Waals surface area contributed by atoms with Crippen molar-refractivity contribution in [1.82, 2.24) is 4.98 Å². The van der Waals surface area contributed by atoms with E-state index in [1.807, 2.05) is 12.3 Å². The monoisotopic (exact) mass is 186 g/mol. The zero-order valence-electron chi connectivity index (χ0n) is 7.16. The van der Waals surface area contributed by atoms with Gasteiger partial charge >= 0.3 is 0 Å². The summed E-state index contributed by atoms with van der Waals surface area (Å²) in [6.07, 6.45) is 1.64. The first-order valence-electron chi connectivity index (χ1n) is 4.04. The van der Waals surface area contributed by atoms with Crippen molar-refractivity contribution in [2.24, 2.45) is 5.73 Å². The molecule has 0 spiro atoms. The van der Waals surface area contributed by atoms with Crippen LogP contribution in [0.3, 0.4) is 0 Å². The molecule has 3 N–H and O–H groups in total. The molecular formula is C8H14N2OS. The summed E-state index contributed by atoms with van der Waals surface area (Å²) in [4.78, 5) is 4.33. The number of nitrogens with two attached hydrogens (primary N) is 1. The van der Waals surface area contributed by atoms with Crippen molar-refractivity contribution in [1.29, 1.82) is 0 Å². The standard InChI is InChI=1S/C8H14N2OS/c1-6(9)7-5-12-8(10-7)3-2-4-11/h5-6,11H,2-4,9H2,1H3. The molecule has 0 aromatic carbocycles. The Bertz CT molecular complexity index is 235. The molecule has 1 aromatic heterocycles. The summed E-state index contributed by atoms with van der Waals surface area (Å²) in [5, 5.41) is 11.6. The average Bonchev–Trinajstić information content (AvgIpc) is 2.48. The fraction of sp³-hybridized carbons (Fsp3) is 0.625. The van der Waals surface area contributed by atoms with Crippen LogP contribution in [-0.4, -0.2) is 16.7 Å². The highest BCUT2D eigenvalue weighted by atomic mass is 32.1. The lowest BCUT2D eigenvalue weighted by atomic mass is 10.3. The van der Waals surface area contributed by atoms with Gasteiger partial charge < -0.3 is 10.8 Å². The van der Waals surface area contributed by atoms with Crippen LogP contribution in [0.25, 0.3) is 0 Å². The van der Waals surface area contributed by atoms with Crippen LogP contribution in [-0.2, 0) is 6.42 Å². The average molecular weight is 186 g/mol. The molecule has 0 radical (unpaired) electrons. The lowest BCUT2D eigenvalue weighted by Gasteiger charge is -1.97. The Labute approximate surface area is 76.3 Å². The van der Waals surface area contributed by atoms with E-state index in [4.69, 9.17) is 10.8 Å². The van der Waals surface area contributed by atoms with Crippen molar-refractivity contribution in [3.63, 3.8) is 0 Å². The quantitative estimate of drug-likeness (QED) is 0.740. The second-order valence-electron chi connectivity index (χ2n) is 2.78. The van der Waals surface area contributed by atoms with Gasteiger partial charge in [-0.15, -0.1) is 11.3 Å². The smallest absolute Gasteiger partial charge is 0.0929 e. The first kappa shape index (κ1) is 9.64. The van der Waals surface area contributed by atoms with Crippen LogP contribution in [0.2, 0.25) is 0 Å². The molecule has 0 saturated carbocycles. The number of aromatic nitrogens is 1. The van der Waals surface area contributed by atoms with Gasteiger partial charge in [0.1, 0.15) is 0 Å². The van der Waals surface area contributed by atoms with Crippen LogP contribution in [0.4, 0.5) is 0 Å². The van der Waals surface area contributed by atoms with Gasteiger partial charge in [-0.25, -0.2) is 4.98 Å². The summed E-state index contributed by atoms with van der Waals surface area (Å²) >= 11 is 1.62. The number of hydrogen-bond donors (Lipinski definition) is 2. The minimum Gasteiger partial charge on any atom is -0.396 e. The van der Waals surface area contributed by atoms with Crippen molar-refractivity contribution in [3.8, 4) is 0 Å². The van der Waals surface area contributed by atoms with Crippen LogP contribution in [0, 0.1) is 0 Å². The second kappa shape index (κ2) is 4.54. The van der Waals surface area contributed by atoms with Crippen LogP contribution in [0.1, 0.15) is 30.1 Å². The highest BCUT2D eigenvalue weighted by molar-refractivity contribution is 7.09. The Morgan fingerprint density at radius 1 is 1.75 bits per heavy atom. The minimum absolute atomic E-state index is 0.0177. The van der Waals surface area contributed by atoms with Crippen molar-refractivity contribution in [2.45, 2.75) is 25.8 Å². The van der Waals surface area contributed by atoms with Crippen LogP contribution in [0.5, 0.6) is 0 Å². The van der Waals surface area contributed by atoms with Gasteiger partial charge in [0, 0.05) is 24.4 Å². The molecule has 1 rings (SSSR count). The molecule has 1 aromatic rings. The van der Waals surface area contributed by atoms with Gasteiger partial charge in [0.25, 0.3) is 0 Å². The van der Waals surface area contributed by atoms with Crippen LogP contribution >= 0.6 is 11.3 Å². The summed E-state index contributed by atoms with van der Waals surface area (Å²) in [5.74, 6) is 0. The van der Waals surface area contributed by atoms with Gasteiger partial charge in [0.05, 0.1) is 10.7 Å². The Balaban J connectivity index is 2.52. The number of hydrogen-bond acceptors (Lipinski definition) is 4. The summed E-state index contributed by atoms with van der Waals surface area (Å²) in [6, 6.07) is 0.0177. The van der Waals surface area contributed by atoms with Gasteiger partial charge in [0.2, 0.25) is 0 Å².